The van der Waals surface area contributed by atoms with E-state index in [4.69, 9.17) is 0 Å². The van der Waals surface area contributed by atoms with E-state index in [0.717, 1.165) is 22.1 Å². The number of nitrogens with one attached hydrogen (secondary N) is 1. The van der Waals surface area contributed by atoms with Crippen molar-refractivity contribution in [3.05, 3.63) is 69.7 Å². The van der Waals surface area contributed by atoms with Gasteiger partial charge in [-0.1, -0.05) is 69.2 Å². The lowest BCUT2D eigenvalue weighted by molar-refractivity contribution is 0.0896. The molecule has 0 aliphatic heterocycles. The number of halogens is 1. The minimum absolute atomic E-state index is 0.0402. The molecule has 0 aliphatic carbocycles. The Morgan fingerprint density at radius 2 is 1.71 bits per heavy atom. The fourth-order valence-electron chi connectivity index (χ4n) is 3.65. The van der Waals surface area contributed by atoms with Gasteiger partial charge in [0.25, 0.3) is 5.91 Å². The molecule has 0 spiro atoms. The number of amides is 1. The van der Waals surface area contributed by atoms with Gasteiger partial charge in [0, 0.05) is 17.1 Å². The van der Waals surface area contributed by atoms with Gasteiger partial charge in [-0.15, -0.1) is 0 Å². The molecular formula is C24H33BrN2O. The molecule has 2 rings (SSSR count). The van der Waals surface area contributed by atoms with Crippen molar-refractivity contribution in [2.24, 2.45) is 5.92 Å². The number of hydrogen-bond acceptors (Lipinski definition) is 2. The molecule has 3 nitrogen and oxygen atoms in total. The summed E-state index contributed by atoms with van der Waals surface area (Å²) in [5, 5.41) is 3.31. The van der Waals surface area contributed by atoms with Crippen LogP contribution in [0.4, 0.5) is 0 Å². The molecule has 0 aliphatic rings. The standard InChI is InChI=1S/C24H33BrN2O/c1-6-19(7-2)16-27(5)18(4)23(20-13-9-8-10-14-20)26-24(28)22-17(3)12-11-15-21(22)25/h8-15,18-19,23H,6-7,16H2,1-5H3,(H,26,28). The van der Waals surface area contributed by atoms with Crippen LogP contribution >= 0.6 is 15.9 Å². The molecule has 1 N–H and O–H groups in total. The van der Waals surface area contributed by atoms with Crippen LogP contribution in [0.3, 0.4) is 0 Å². The minimum atomic E-state index is -0.0837. The predicted octanol–water partition coefficient (Wildman–Crippen LogP) is 5.99. The third-order valence-corrected chi connectivity index (χ3v) is 6.43. The summed E-state index contributed by atoms with van der Waals surface area (Å²) < 4.78 is 0.829. The van der Waals surface area contributed by atoms with Crippen LogP contribution < -0.4 is 5.32 Å². The van der Waals surface area contributed by atoms with Gasteiger partial charge in [-0.3, -0.25) is 4.79 Å². The van der Waals surface area contributed by atoms with Crippen LogP contribution in [-0.2, 0) is 0 Å². The molecule has 2 unspecified atom stereocenters. The minimum Gasteiger partial charge on any atom is -0.344 e. The van der Waals surface area contributed by atoms with E-state index in [-0.39, 0.29) is 18.0 Å². The smallest absolute Gasteiger partial charge is 0.253 e. The molecule has 0 saturated heterocycles. The monoisotopic (exact) mass is 444 g/mol. The SMILES string of the molecule is CCC(CC)CN(C)C(C)C(NC(=O)c1c(C)cccc1Br)c1ccccc1. The van der Waals surface area contributed by atoms with E-state index in [2.05, 4.69) is 66.1 Å². The highest BCUT2D eigenvalue weighted by atomic mass is 79.9. The molecule has 0 heterocycles. The molecule has 152 valence electrons. The number of nitrogens with zero attached hydrogens (tertiary/aromatic N) is 1. The summed E-state index contributed by atoms with van der Waals surface area (Å²) in [6.07, 6.45) is 2.35. The Bertz CT molecular complexity index is 738. The van der Waals surface area contributed by atoms with E-state index in [0.29, 0.717) is 11.5 Å². The Kier molecular flexibility index (Phi) is 8.71. The summed E-state index contributed by atoms with van der Waals surface area (Å²) >= 11 is 3.54. The average Bonchev–Trinajstić information content (AvgIpc) is 2.70. The average molecular weight is 445 g/mol. The van der Waals surface area contributed by atoms with E-state index in [1.54, 1.807) is 0 Å². The summed E-state index contributed by atoms with van der Waals surface area (Å²) in [5.74, 6) is 0.631. The maximum Gasteiger partial charge on any atom is 0.253 e. The van der Waals surface area contributed by atoms with Gasteiger partial charge in [0.15, 0.2) is 0 Å². The zero-order valence-corrected chi connectivity index (χ0v) is 19.3. The van der Waals surface area contributed by atoms with Crippen LogP contribution in [0.15, 0.2) is 53.0 Å². The Morgan fingerprint density at radius 3 is 2.29 bits per heavy atom. The molecule has 0 fully saturated rings. The predicted molar refractivity (Wildman–Crippen MR) is 122 cm³/mol. The Balaban J connectivity index is 2.29. The summed E-state index contributed by atoms with van der Waals surface area (Å²) in [6.45, 7) is 9.70. The quantitative estimate of drug-likeness (QED) is 0.515. The van der Waals surface area contributed by atoms with Crippen molar-refractivity contribution < 1.29 is 4.79 Å². The van der Waals surface area contributed by atoms with Gasteiger partial charge < -0.3 is 10.2 Å². The summed E-state index contributed by atoms with van der Waals surface area (Å²) in [4.78, 5) is 15.5. The van der Waals surface area contributed by atoms with Crippen LogP contribution in [0.25, 0.3) is 0 Å². The molecule has 1 amide bonds. The topological polar surface area (TPSA) is 32.3 Å². The molecule has 2 atom stereocenters. The first kappa shape index (κ1) is 22.6. The highest BCUT2D eigenvalue weighted by Crippen LogP contribution is 2.25. The molecule has 28 heavy (non-hydrogen) atoms. The Morgan fingerprint density at radius 1 is 1.07 bits per heavy atom. The van der Waals surface area contributed by atoms with E-state index in [1.807, 2.05) is 43.3 Å². The van der Waals surface area contributed by atoms with Crippen molar-refractivity contribution >= 4 is 21.8 Å². The van der Waals surface area contributed by atoms with Gasteiger partial charge in [-0.25, -0.2) is 0 Å². The first-order valence-electron chi connectivity index (χ1n) is 10.2. The van der Waals surface area contributed by atoms with Crippen molar-refractivity contribution in [2.45, 2.75) is 52.6 Å². The fourth-order valence-corrected chi connectivity index (χ4v) is 4.30. The second-order valence-corrected chi connectivity index (χ2v) is 8.51. The third-order valence-electron chi connectivity index (χ3n) is 5.77. The van der Waals surface area contributed by atoms with Crippen molar-refractivity contribution in [3.63, 3.8) is 0 Å². The molecule has 4 heteroatoms. The van der Waals surface area contributed by atoms with Crippen LogP contribution in [0, 0.1) is 12.8 Å². The summed E-state index contributed by atoms with van der Waals surface area (Å²) in [7, 11) is 2.16. The van der Waals surface area contributed by atoms with Crippen LogP contribution in [0.2, 0.25) is 0 Å². The van der Waals surface area contributed by atoms with Crippen LogP contribution in [0.1, 0.15) is 61.1 Å². The van der Waals surface area contributed by atoms with E-state index in [9.17, 15) is 4.79 Å². The number of benzene rings is 2. The zero-order chi connectivity index (χ0) is 20.7. The van der Waals surface area contributed by atoms with Gasteiger partial charge in [0.05, 0.1) is 11.6 Å². The second-order valence-electron chi connectivity index (χ2n) is 7.66. The van der Waals surface area contributed by atoms with Gasteiger partial charge in [0.1, 0.15) is 0 Å². The largest absolute Gasteiger partial charge is 0.344 e. The van der Waals surface area contributed by atoms with Gasteiger partial charge in [-0.2, -0.15) is 0 Å². The molecule has 0 radical (unpaired) electrons. The number of rotatable bonds is 9. The summed E-state index contributed by atoms with van der Waals surface area (Å²) in [5.41, 5.74) is 2.81. The van der Waals surface area contributed by atoms with Crippen molar-refractivity contribution in [1.82, 2.24) is 10.2 Å². The molecule has 2 aromatic carbocycles. The van der Waals surface area contributed by atoms with E-state index >= 15 is 0 Å². The second kappa shape index (κ2) is 10.8. The van der Waals surface area contributed by atoms with Crippen molar-refractivity contribution in [1.29, 1.82) is 0 Å². The van der Waals surface area contributed by atoms with Gasteiger partial charge in [0.2, 0.25) is 0 Å². The molecule has 0 aromatic heterocycles. The number of likely N-dealkylation sites (N-methyl/N-ethyl adjacent to an activating group) is 1. The molecule has 2 aromatic rings. The Labute approximate surface area is 178 Å². The number of carbonyl (C=O) groups excluding carboxylic acids is 1. The molecule has 0 saturated carbocycles. The summed E-state index contributed by atoms with van der Waals surface area (Å²) in [6, 6.07) is 16.2. The van der Waals surface area contributed by atoms with Crippen molar-refractivity contribution in [2.75, 3.05) is 13.6 Å². The van der Waals surface area contributed by atoms with Crippen LogP contribution in [-0.4, -0.2) is 30.4 Å². The third kappa shape index (κ3) is 5.68. The Hall–Kier alpha value is -1.65. The van der Waals surface area contributed by atoms with Gasteiger partial charge >= 0.3 is 0 Å². The lowest BCUT2D eigenvalue weighted by atomic mass is 9.96. The molecule has 0 bridgehead atoms. The number of aryl methyl sites for hydroxylation is 1. The maximum atomic E-state index is 13.2. The lowest BCUT2D eigenvalue weighted by Gasteiger charge is -2.35. The van der Waals surface area contributed by atoms with E-state index in [1.165, 1.54) is 12.8 Å². The number of hydrogen-bond donors (Lipinski definition) is 1. The highest BCUT2D eigenvalue weighted by molar-refractivity contribution is 9.10. The zero-order valence-electron chi connectivity index (χ0n) is 17.7. The van der Waals surface area contributed by atoms with Crippen molar-refractivity contribution in [3.8, 4) is 0 Å². The highest BCUT2D eigenvalue weighted by Gasteiger charge is 2.27. The lowest BCUT2D eigenvalue weighted by Crippen LogP contribution is -2.44. The molecular weight excluding hydrogens is 412 g/mol. The normalized spacial score (nSPS) is 13.6. The fraction of sp³-hybridized carbons (Fsp3) is 0.458. The maximum absolute atomic E-state index is 13.2. The first-order chi connectivity index (χ1) is 13.4. The van der Waals surface area contributed by atoms with Crippen LogP contribution in [0.5, 0.6) is 0 Å². The van der Waals surface area contributed by atoms with E-state index < -0.39 is 0 Å². The first-order valence-corrected chi connectivity index (χ1v) is 11.0. The number of carbonyl (C=O) groups is 1. The van der Waals surface area contributed by atoms with Gasteiger partial charge in [-0.05, 0) is 59.9 Å².